The molecule has 0 amide bonds. The second kappa shape index (κ2) is 23.6. The normalized spacial score (nSPS) is 10.8. The summed E-state index contributed by atoms with van der Waals surface area (Å²) in [6.07, 6.45) is 15.7. The van der Waals surface area contributed by atoms with E-state index in [2.05, 4.69) is 62.0 Å². The van der Waals surface area contributed by atoms with Crippen molar-refractivity contribution in [2.45, 2.75) is 133 Å². The number of ketones is 2. The van der Waals surface area contributed by atoms with E-state index in [0.29, 0.717) is 38.2 Å². The zero-order chi connectivity index (χ0) is 38.8. The largest absolute Gasteiger partial charge is 0.443 e. The Bertz CT molecular complexity index is 1640. The molecule has 3 aromatic heterocycles. The highest BCUT2D eigenvalue weighted by Crippen LogP contribution is 2.20. The number of aromatic amines is 1. The van der Waals surface area contributed by atoms with Gasteiger partial charge < -0.3 is 21.2 Å². The topological polar surface area (TPSA) is 238 Å². The molecule has 5 N–H and O–H groups in total. The Morgan fingerprint density at radius 3 is 2.09 bits per heavy atom. The van der Waals surface area contributed by atoms with Crippen molar-refractivity contribution in [2.24, 2.45) is 15.9 Å². The lowest BCUT2D eigenvalue weighted by molar-refractivity contribution is -0.121. The third-order valence-corrected chi connectivity index (χ3v) is 6.34. The first-order chi connectivity index (χ1) is 23.6. The van der Waals surface area contributed by atoms with Crippen molar-refractivity contribution in [2.75, 3.05) is 18.0 Å². The number of nitrogens with two attached hydrogens (primary N) is 2. The molecule has 3 heterocycles. The van der Waals surface area contributed by atoms with Gasteiger partial charge in [-0.1, -0.05) is 59.3 Å². The molecule has 0 aliphatic heterocycles. The predicted molar refractivity (Wildman–Crippen MR) is 211 cm³/mol. The van der Waals surface area contributed by atoms with Gasteiger partial charge in [-0.25, -0.2) is 24.0 Å². The zero-order valence-electron chi connectivity index (χ0n) is 32.1. The van der Waals surface area contributed by atoms with Gasteiger partial charge in [0, 0.05) is 42.3 Å². The van der Waals surface area contributed by atoms with Gasteiger partial charge in [-0.05, 0) is 69.2 Å². The van der Waals surface area contributed by atoms with E-state index < -0.39 is 11.7 Å². The fourth-order valence-corrected chi connectivity index (χ4v) is 4.47. The number of carbonyl (C=O) groups is 3. The predicted octanol–water partition coefficient (Wildman–Crippen LogP) is 7.33. The molecule has 0 saturated heterocycles. The van der Waals surface area contributed by atoms with Crippen LogP contribution >= 0.6 is 12.4 Å². The molecule has 0 bridgehead atoms. The Labute approximate surface area is 320 Å². The lowest BCUT2D eigenvalue weighted by Gasteiger charge is -2.19. The number of hydrogen-bond donors (Lipinski definition) is 3. The number of aromatic nitrogens is 7. The number of ether oxygens (including phenoxy) is 1. The number of halogens is 1. The lowest BCUT2D eigenvalue weighted by Crippen LogP contribution is -2.27. The fourth-order valence-electron chi connectivity index (χ4n) is 4.47. The minimum absolute atomic E-state index is 0. The van der Waals surface area contributed by atoms with Crippen molar-refractivity contribution in [3.8, 4) is 12.3 Å². The molecule has 0 atom stereocenters. The lowest BCUT2D eigenvalue weighted by atomic mass is 9.90. The molecule has 0 aliphatic rings. The first-order valence-corrected chi connectivity index (χ1v) is 16.8. The number of imidazole rings is 2. The second-order valence-electron chi connectivity index (χ2n) is 15.5. The summed E-state index contributed by atoms with van der Waals surface area (Å²) in [5, 5.41) is 11.3. The highest BCUT2D eigenvalue weighted by Gasteiger charge is 2.20. The van der Waals surface area contributed by atoms with Gasteiger partial charge in [0.2, 0.25) is 5.95 Å². The molecule has 3 rings (SSSR count). The summed E-state index contributed by atoms with van der Waals surface area (Å²) in [6, 6.07) is 0. The number of carbonyl (C=O) groups excluding carboxylic acids is 3. The van der Waals surface area contributed by atoms with Crippen LogP contribution in [-0.2, 0) is 40.1 Å². The quantitative estimate of drug-likeness (QED) is 0.0515. The number of aryl methyl sites for hydroxylation is 3. The van der Waals surface area contributed by atoms with E-state index >= 15 is 0 Å². The number of azide groups is 1. The van der Waals surface area contributed by atoms with Gasteiger partial charge in [0.05, 0.1) is 24.1 Å². The minimum Gasteiger partial charge on any atom is -0.443 e. The van der Waals surface area contributed by atoms with Gasteiger partial charge in [0.25, 0.3) is 0 Å². The third kappa shape index (κ3) is 24.1. The average Bonchev–Trinajstić information content (AvgIpc) is 3.70. The van der Waals surface area contributed by atoms with Crippen molar-refractivity contribution in [3.63, 3.8) is 0 Å². The summed E-state index contributed by atoms with van der Waals surface area (Å²) >= 11 is 0. The average molecular weight is 761 g/mol. The van der Waals surface area contributed by atoms with Gasteiger partial charge in [-0.2, -0.15) is 0 Å². The molecule has 0 radical (unpaired) electrons. The number of nitrogen functional groups attached to an aromatic ring is 2. The molecule has 0 fully saturated rings. The number of H-pyrrole nitrogens is 1. The molecule has 0 saturated carbocycles. The molecule has 17 heteroatoms. The highest BCUT2D eigenvalue weighted by atomic mass is 35.5. The minimum atomic E-state index is -0.558. The number of nitrogens with one attached hydrogen (secondary N) is 1. The van der Waals surface area contributed by atoms with Crippen LogP contribution in [0.2, 0.25) is 0 Å². The number of nitrogens with zero attached hydrogens (tertiary/aromatic N) is 9. The van der Waals surface area contributed by atoms with E-state index in [9.17, 15) is 14.4 Å². The maximum atomic E-state index is 11.9. The SMILES string of the molecule is C.C#CCCCc1cn(C(=O)OC(C)(C)C)c(N)n1.CC(C)(C)CC(=O)CN=[N+]=[N-].CC(C)(C)CC(=O)Cn1cc(CCCc2cnc(N)[nH]2)nn1.Cl. The molecule has 16 nitrogen and oxygen atoms in total. The Morgan fingerprint density at radius 2 is 1.57 bits per heavy atom. The van der Waals surface area contributed by atoms with Crippen LogP contribution in [-0.4, -0.2) is 64.3 Å². The summed E-state index contributed by atoms with van der Waals surface area (Å²) in [5.41, 5.74) is 21.2. The van der Waals surface area contributed by atoms with E-state index in [0.717, 1.165) is 42.8 Å². The molecule has 0 aliphatic carbocycles. The first-order valence-electron chi connectivity index (χ1n) is 16.8. The zero-order valence-corrected chi connectivity index (χ0v) is 32.9. The smallest absolute Gasteiger partial charge is 0.421 e. The first kappa shape index (κ1) is 50.2. The Kier molecular flexibility index (Phi) is 22.4. The maximum Gasteiger partial charge on any atom is 0.421 e. The summed E-state index contributed by atoms with van der Waals surface area (Å²) in [6.45, 7) is 17.8. The summed E-state index contributed by atoms with van der Waals surface area (Å²) in [7, 11) is 0. The third-order valence-electron chi connectivity index (χ3n) is 6.34. The van der Waals surface area contributed by atoms with Crippen LogP contribution in [0.3, 0.4) is 0 Å². The van der Waals surface area contributed by atoms with E-state index in [-0.39, 0.29) is 54.7 Å². The Balaban J connectivity index is 0. The standard InChI is InChI=1S/C15H24N6O.C13H19N3O2.C7H13N3O.CH4.ClH/c1-15(2,3)7-13(22)10-21-9-12(19-20-21)6-4-5-11-8-17-14(16)18-11;1-5-6-7-8-10-9-16(11(14)15-10)12(17)18-13(2,3)4;1-7(2,3)4-6(11)5-9-10-8;;/h8-9H,4-7,10H2,1-3H3,(H3,16,17,18);1,9H,6-8H2,2-4H3,(H2,14,15);4-5H2,1-3H3;1H4;1H. The molecule has 3 aromatic rings. The Hall–Kier alpha value is -4.87. The van der Waals surface area contributed by atoms with E-state index in [1.54, 1.807) is 37.8 Å². The van der Waals surface area contributed by atoms with Crippen LogP contribution < -0.4 is 11.5 Å². The van der Waals surface area contributed by atoms with Gasteiger partial charge in [-0.15, -0.1) is 29.8 Å². The molecule has 0 unspecified atom stereocenters. The van der Waals surface area contributed by atoms with E-state index in [4.69, 9.17) is 28.2 Å². The fraction of sp³-hybridized carbons (Fsp3) is 0.639. The van der Waals surface area contributed by atoms with Crippen LogP contribution in [0, 0.1) is 23.2 Å². The van der Waals surface area contributed by atoms with Crippen molar-refractivity contribution < 1.29 is 19.1 Å². The van der Waals surface area contributed by atoms with Crippen LogP contribution in [0.5, 0.6) is 0 Å². The van der Waals surface area contributed by atoms with Crippen LogP contribution in [0.1, 0.15) is 119 Å². The number of Topliss-reactive ketones (excluding diaryl/α,β-unsaturated/α-hetero) is 2. The van der Waals surface area contributed by atoms with Gasteiger partial charge >= 0.3 is 6.09 Å². The number of terminal acetylenes is 1. The molecular formula is C36H61ClN12O4. The van der Waals surface area contributed by atoms with Gasteiger partial charge in [-0.3, -0.25) is 9.59 Å². The van der Waals surface area contributed by atoms with Gasteiger partial charge in [0.1, 0.15) is 17.9 Å². The van der Waals surface area contributed by atoms with Crippen molar-refractivity contribution >= 4 is 42.0 Å². The molecule has 53 heavy (non-hydrogen) atoms. The van der Waals surface area contributed by atoms with Crippen molar-refractivity contribution in [3.05, 3.63) is 46.1 Å². The Morgan fingerprint density at radius 1 is 0.962 bits per heavy atom. The maximum absolute atomic E-state index is 11.9. The molecular weight excluding hydrogens is 700 g/mol. The number of hydrogen-bond acceptors (Lipinski definition) is 11. The van der Waals surface area contributed by atoms with Crippen molar-refractivity contribution in [1.82, 2.24) is 34.5 Å². The van der Waals surface area contributed by atoms with Crippen LogP contribution in [0.4, 0.5) is 16.7 Å². The highest BCUT2D eigenvalue weighted by molar-refractivity contribution is 5.85. The number of unbranched alkanes of at least 4 members (excludes halogenated alkanes) is 1. The molecule has 0 spiro atoms. The molecule has 0 aromatic carbocycles. The van der Waals surface area contributed by atoms with Crippen LogP contribution in [0.15, 0.2) is 23.7 Å². The second-order valence-corrected chi connectivity index (χ2v) is 15.5. The number of rotatable bonds is 13. The monoisotopic (exact) mass is 760 g/mol. The summed E-state index contributed by atoms with van der Waals surface area (Å²) < 4.78 is 8.06. The molecule has 296 valence electrons. The summed E-state index contributed by atoms with van der Waals surface area (Å²) in [4.78, 5) is 48.3. The summed E-state index contributed by atoms with van der Waals surface area (Å²) in [5.74, 6) is 3.31. The van der Waals surface area contributed by atoms with E-state index in [1.807, 2.05) is 27.0 Å². The van der Waals surface area contributed by atoms with Gasteiger partial charge in [0.15, 0.2) is 11.7 Å². The van der Waals surface area contributed by atoms with E-state index in [1.165, 1.54) is 4.57 Å². The number of anilines is 2. The van der Waals surface area contributed by atoms with Crippen LogP contribution in [0.25, 0.3) is 10.4 Å². The van der Waals surface area contributed by atoms with Crippen molar-refractivity contribution in [1.29, 1.82) is 0 Å².